The molecule has 0 fully saturated rings. The van der Waals surface area contributed by atoms with Gasteiger partial charge in [-0.15, -0.1) is 0 Å². The van der Waals surface area contributed by atoms with Crippen molar-refractivity contribution in [3.8, 4) is 11.8 Å². The molecule has 0 radical (unpaired) electrons. The fraction of sp³-hybridized carbons (Fsp3) is 0.0769. The minimum atomic E-state index is 0.158. The van der Waals surface area contributed by atoms with E-state index in [2.05, 4.69) is 10.3 Å². The topological polar surface area (TPSA) is 95.0 Å². The van der Waals surface area contributed by atoms with Gasteiger partial charge in [0.05, 0.1) is 5.56 Å². The molecular formula is C13H12N4O. The number of nitrogens with one attached hydrogen (secondary N) is 1. The second kappa shape index (κ2) is 5.06. The highest BCUT2D eigenvalue weighted by atomic mass is 16.3. The Hall–Kier alpha value is -2.74. The van der Waals surface area contributed by atoms with Crippen LogP contribution in [-0.2, 0) is 6.54 Å². The molecule has 0 bridgehead atoms. The van der Waals surface area contributed by atoms with Crippen LogP contribution in [0.3, 0.4) is 0 Å². The lowest BCUT2D eigenvalue weighted by Crippen LogP contribution is -2.04. The van der Waals surface area contributed by atoms with Gasteiger partial charge in [-0.25, -0.2) is 4.98 Å². The lowest BCUT2D eigenvalue weighted by molar-refractivity contribution is 0.469. The number of benzene rings is 1. The van der Waals surface area contributed by atoms with Gasteiger partial charge < -0.3 is 16.2 Å². The number of anilines is 2. The van der Waals surface area contributed by atoms with Crippen molar-refractivity contribution in [3.63, 3.8) is 0 Å². The number of nitrogens with two attached hydrogens (primary N) is 1. The maximum absolute atomic E-state index is 9.66. The molecule has 4 N–H and O–H groups in total. The van der Waals surface area contributed by atoms with Crippen molar-refractivity contribution in [2.45, 2.75) is 6.54 Å². The largest absolute Gasteiger partial charge is 0.508 e. The third kappa shape index (κ3) is 2.50. The summed E-state index contributed by atoms with van der Waals surface area (Å²) < 4.78 is 0. The molecular weight excluding hydrogens is 228 g/mol. The monoisotopic (exact) mass is 240 g/mol. The summed E-state index contributed by atoms with van der Waals surface area (Å²) in [4.78, 5) is 4.07. The molecule has 2 rings (SSSR count). The van der Waals surface area contributed by atoms with Crippen LogP contribution in [0.2, 0.25) is 0 Å². The summed E-state index contributed by atoms with van der Waals surface area (Å²) in [5.41, 5.74) is 7.34. The highest BCUT2D eigenvalue weighted by Crippen LogP contribution is 2.21. The van der Waals surface area contributed by atoms with Crippen LogP contribution in [0.5, 0.6) is 5.75 Å². The molecule has 5 heteroatoms. The zero-order chi connectivity index (χ0) is 13.0. The van der Waals surface area contributed by atoms with Crippen molar-refractivity contribution < 1.29 is 5.11 Å². The van der Waals surface area contributed by atoms with Gasteiger partial charge in [-0.3, -0.25) is 0 Å². The molecule has 0 aliphatic rings. The Balaban J connectivity index is 2.17. The summed E-state index contributed by atoms with van der Waals surface area (Å²) in [5.74, 6) is 0.646. The number of nitrogen functional groups attached to an aromatic ring is 1. The summed E-state index contributed by atoms with van der Waals surface area (Å²) in [6, 6.07) is 10.3. The van der Waals surface area contributed by atoms with Crippen LogP contribution in [0, 0.1) is 11.3 Å². The number of nitrogens with zero attached hydrogens (tertiary/aromatic N) is 2. The number of pyridine rings is 1. The highest BCUT2D eigenvalue weighted by molar-refractivity contribution is 5.53. The second-order valence-corrected chi connectivity index (χ2v) is 3.75. The van der Waals surface area contributed by atoms with E-state index in [4.69, 9.17) is 11.0 Å². The molecule has 0 unspecified atom stereocenters. The molecule has 0 atom stereocenters. The van der Waals surface area contributed by atoms with Crippen molar-refractivity contribution in [1.82, 2.24) is 4.98 Å². The van der Waals surface area contributed by atoms with Crippen molar-refractivity contribution in [3.05, 3.63) is 47.7 Å². The molecule has 0 aliphatic heterocycles. The van der Waals surface area contributed by atoms with Crippen molar-refractivity contribution in [2.24, 2.45) is 0 Å². The number of phenolic OH excluding ortho intramolecular Hbond substituents is 1. The molecule has 1 aromatic carbocycles. The van der Waals surface area contributed by atoms with E-state index in [1.807, 2.05) is 6.07 Å². The molecule has 90 valence electrons. The first kappa shape index (κ1) is 11.7. The van der Waals surface area contributed by atoms with E-state index in [-0.39, 0.29) is 5.75 Å². The Bertz CT molecular complexity index is 604. The van der Waals surface area contributed by atoms with Gasteiger partial charge in [0.25, 0.3) is 0 Å². The summed E-state index contributed by atoms with van der Waals surface area (Å²) >= 11 is 0. The molecule has 0 saturated heterocycles. The molecule has 18 heavy (non-hydrogen) atoms. The van der Waals surface area contributed by atoms with Crippen molar-refractivity contribution in [2.75, 3.05) is 11.1 Å². The first-order valence-electron chi connectivity index (χ1n) is 5.37. The minimum absolute atomic E-state index is 0.158. The average Bonchev–Trinajstić information content (AvgIpc) is 2.40. The maximum atomic E-state index is 9.66. The Kier molecular flexibility index (Phi) is 3.30. The zero-order valence-electron chi connectivity index (χ0n) is 9.59. The SMILES string of the molecule is N#Cc1cccnc1NCc1cc(N)ccc1O. The lowest BCUT2D eigenvalue weighted by Gasteiger charge is -2.09. The molecule has 0 aliphatic carbocycles. The van der Waals surface area contributed by atoms with Crippen LogP contribution in [0.1, 0.15) is 11.1 Å². The molecule has 1 heterocycles. The minimum Gasteiger partial charge on any atom is -0.508 e. The predicted octanol–water partition coefficient (Wildman–Crippen LogP) is 1.85. The Morgan fingerprint density at radius 3 is 3.00 bits per heavy atom. The highest BCUT2D eigenvalue weighted by Gasteiger charge is 2.05. The summed E-state index contributed by atoms with van der Waals surface area (Å²) in [7, 11) is 0. The second-order valence-electron chi connectivity index (χ2n) is 3.75. The standard InChI is InChI=1S/C13H12N4O/c14-7-9-2-1-5-16-13(9)17-8-10-6-11(15)3-4-12(10)18/h1-6,18H,8,15H2,(H,16,17). The smallest absolute Gasteiger partial charge is 0.144 e. The lowest BCUT2D eigenvalue weighted by atomic mass is 10.1. The number of nitriles is 1. The van der Waals surface area contributed by atoms with Gasteiger partial charge in [0, 0.05) is 24.0 Å². The van der Waals surface area contributed by atoms with Gasteiger partial charge in [0.1, 0.15) is 17.6 Å². The predicted molar refractivity (Wildman–Crippen MR) is 68.8 cm³/mol. The van der Waals surface area contributed by atoms with Crippen LogP contribution in [0.25, 0.3) is 0 Å². The van der Waals surface area contributed by atoms with E-state index in [1.54, 1.807) is 30.5 Å². The Morgan fingerprint density at radius 2 is 2.22 bits per heavy atom. The molecule has 0 amide bonds. The quantitative estimate of drug-likeness (QED) is 0.562. The van der Waals surface area contributed by atoms with Gasteiger partial charge in [-0.2, -0.15) is 5.26 Å². The van der Waals surface area contributed by atoms with Crippen molar-refractivity contribution in [1.29, 1.82) is 5.26 Å². The third-order valence-electron chi connectivity index (χ3n) is 2.48. The Morgan fingerprint density at radius 1 is 1.39 bits per heavy atom. The van der Waals surface area contributed by atoms with Gasteiger partial charge in [0.2, 0.25) is 0 Å². The van der Waals surface area contributed by atoms with E-state index >= 15 is 0 Å². The Labute approximate surface area is 105 Å². The number of aromatic nitrogens is 1. The van der Waals surface area contributed by atoms with Gasteiger partial charge in [-0.05, 0) is 30.3 Å². The van der Waals surface area contributed by atoms with Gasteiger partial charge >= 0.3 is 0 Å². The number of hydrogen-bond donors (Lipinski definition) is 3. The van der Waals surface area contributed by atoms with E-state index in [0.29, 0.717) is 29.2 Å². The summed E-state index contributed by atoms with van der Waals surface area (Å²) in [6.45, 7) is 0.350. The van der Waals surface area contributed by atoms with Crippen molar-refractivity contribution >= 4 is 11.5 Å². The van der Waals surface area contributed by atoms with E-state index in [9.17, 15) is 5.11 Å². The molecule has 1 aromatic heterocycles. The first-order valence-corrected chi connectivity index (χ1v) is 5.37. The third-order valence-corrected chi connectivity index (χ3v) is 2.48. The maximum Gasteiger partial charge on any atom is 0.144 e. The fourth-order valence-corrected chi connectivity index (χ4v) is 1.56. The van der Waals surface area contributed by atoms with E-state index < -0.39 is 0 Å². The van der Waals surface area contributed by atoms with Crippen LogP contribution in [0.4, 0.5) is 11.5 Å². The fourth-order valence-electron chi connectivity index (χ4n) is 1.56. The molecule has 2 aromatic rings. The first-order chi connectivity index (χ1) is 8.70. The van der Waals surface area contributed by atoms with Crippen LogP contribution < -0.4 is 11.1 Å². The number of rotatable bonds is 3. The average molecular weight is 240 g/mol. The summed E-state index contributed by atoms with van der Waals surface area (Å²) in [5, 5.41) is 21.6. The number of hydrogen-bond acceptors (Lipinski definition) is 5. The van der Waals surface area contributed by atoms with E-state index in [1.165, 1.54) is 6.07 Å². The number of aromatic hydroxyl groups is 1. The van der Waals surface area contributed by atoms with E-state index in [0.717, 1.165) is 0 Å². The van der Waals surface area contributed by atoms with Gasteiger partial charge in [0.15, 0.2) is 0 Å². The normalized spacial score (nSPS) is 9.72. The van der Waals surface area contributed by atoms with Gasteiger partial charge in [-0.1, -0.05) is 0 Å². The molecule has 5 nitrogen and oxygen atoms in total. The van der Waals surface area contributed by atoms with Crippen LogP contribution in [-0.4, -0.2) is 10.1 Å². The van der Waals surface area contributed by atoms with Crippen LogP contribution >= 0.6 is 0 Å². The number of phenols is 1. The molecule has 0 spiro atoms. The molecule has 0 saturated carbocycles. The summed E-state index contributed by atoms with van der Waals surface area (Å²) in [6.07, 6.45) is 1.60. The van der Waals surface area contributed by atoms with Crippen LogP contribution in [0.15, 0.2) is 36.5 Å². The zero-order valence-corrected chi connectivity index (χ0v) is 9.59.